The molecule has 0 amide bonds. The predicted octanol–water partition coefficient (Wildman–Crippen LogP) is 1.11. The first-order chi connectivity index (χ1) is 10.5. The first-order valence-corrected chi connectivity index (χ1v) is 8.72. The van der Waals surface area contributed by atoms with Crippen LogP contribution in [0, 0.1) is 0 Å². The van der Waals surface area contributed by atoms with Crippen molar-refractivity contribution in [3.05, 3.63) is 36.5 Å². The molecule has 1 aliphatic rings. The van der Waals surface area contributed by atoms with Crippen molar-refractivity contribution in [2.45, 2.75) is 18.9 Å². The van der Waals surface area contributed by atoms with Crippen LogP contribution in [-0.4, -0.2) is 45.5 Å². The number of hydrogen-bond donors (Lipinski definition) is 1. The van der Waals surface area contributed by atoms with E-state index in [-0.39, 0.29) is 6.04 Å². The van der Waals surface area contributed by atoms with Crippen molar-refractivity contribution in [1.29, 1.82) is 0 Å². The Morgan fingerprint density at radius 2 is 2.14 bits per heavy atom. The van der Waals surface area contributed by atoms with Crippen molar-refractivity contribution < 1.29 is 8.42 Å². The topological polar surface area (TPSA) is 101 Å². The highest BCUT2D eigenvalue weighted by Crippen LogP contribution is 2.32. The molecular formula is C13H16N6O2S. The Hall–Kier alpha value is -2.13. The van der Waals surface area contributed by atoms with Gasteiger partial charge in [0.05, 0.1) is 24.2 Å². The van der Waals surface area contributed by atoms with Crippen LogP contribution < -0.4 is 5.32 Å². The van der Waals surface area contributed by atoms with Crippen molar-refractivity contribution >= 4 is 21.8 Å². The van der Waals surface area contributed by atoms with Crippen LogP contribution in [0.4, 0.5) is 11.8 Å². The maximum atomic E-state index is 11.8. The fourth-order valence-corrected chi connectivity index (χ4v) is 3.67. The molecule has 1 aliphatic heterocycles. The van der Waals surface area contributed by atoms with Crippen molar-refractivity contribution in [2.24, 2.45) is 0 Å². The summed E-state index contributed by atoms with van der Waals surface area (Å²) in [5.41, 5.74) is 0.685. The van der Waals surface area contributed by atoms with Crippen molar-refractivity contribution in [2.75, 3.05) is 18.1 Å². The summed E-state index contributed by atoms with van der Waals surface area (Å²) in [6, 6.07) is 1.51. The highest BCUT2D eigenvalue weighted by Gasteiger charge is 2.33. The average molecular weight is 320 g/mol. The number of nitrogens with zero attached hydrogens (tertiary/aromatic N) is 5. The highest BCUT2D eigenvalue weighted by molar-refractivity contribution is 7.88. The molecule has 3 rings (SSSR count). The van der Waals surface area contributed by atoms with Crippen LogP contribution >= 0.6 is 0 Å². The summed E-state index contributed by atoms with van der Waals surface area (Å²) in [5, 5.41) is 2.96. The molecule has 0 aliphatic carbocycles. The summed E-state index contributed by atoms with van der Waals surface area (Å²) in [4.78, 5) is 16.6. The number of hydrogen-bond acceptors (Lipinski definition) is 7. The molecule has 2 aromatic heterocycles. The van der Waals surface area contributed by atoms with E-state index in [2.05, 4.69) is 25.3 Å². The monoisotopic (exact) mass is 320 g/mol. The molecule has 8 nitrogen and oxygen atoms in total. The minimum atomic E-state index is -3.24. The van der Waals surface area contributed by atoms with Gasteiger partial charge in [0, 0.05) is 25.1 Å². The maximum absolute atomic E-state index is 11.8. The maximum Gasteiger partial charge on any atom is 0.228 e. The zero-order chi connectivity index (χ0) is 15.6. The zero-order valence-corrected chi connectivity index (χ0v) is 12.9. The lowest BCUT2D eigenvalue weighted by Crippen LogP contribution is -2.30. The van der Waals surface area contributed by atoms with Crippen molar-refractivity contribution in [1.82, 2.24) is 24.2 Å². The Balaban J connectivity index is 1.85. The van der Waals surface area contributed by atoms with E-state index in [1.165, 1.54) is 10.6 Å². The molecular weight excluding hydrogens is 304 g/mol. The Labute approximate surface area is 128 Å². The third kappa shape index (κ3) is 3.20. The van der Waals surface area contributed by atoms with Gasteiger partial charge in [-0.3, -0.25) is 4.98 Å². The molecule has 0 radical (unpaired) electrons. The molecule has 2 aromatic rings. The largest absolute Gasteiger partial charge is 0.307 e. The third-order valence-corrected chi connectivity index (χ3v) is 4.74. The van der Waals surface area contributed by atoms with E-state index in [1.54, 1.807) is 30.9 Å². The second-order valence-corrected chi connectivity index (χ2v) is 6.99. The van der Waals surface area contributed by atoms with Gasteiger partial charge in [-0.15, -0.1) is 0 Å². The van der Waals surface area contributed by atoms with Crippen LogP contribution in [0.2, 0.25) is 0 Å². The lowest BCUT2D eigenvalue weighted by atomic mass is 10.1. The van der Waals surface area contributed by atoms with E-state index in [4.69, 9.17) is 0 Å². The van der Waals surface area contributed by atoms with Gasteiger partial charge in [0.15, 0.2) is 5.82 Å². The van der Waals surface area contributed by atoms with Crippen LogP contribution in [0.15, 0.2) is 30.9 Å². The Morgan fingerprint density at radius 1 is 1.27 bits per heavy atom. The summed E-state index contributed by atoms with van der Waals surface area (Å²) < 4.78 is 25.2. The van der Waals surface area contributed by atoms with Gasteiger partial charge in [0.1, 0.15) is 0 Å². The number of anilines is 2. The number of rotatable bonds is 4. The number of sulfonamides is 1. The number of nitrogens with one attached hydrogen (secondary N) is 1. The van der Waals surface area contributed by atoms with E-state index in [9.17, 15) is 8.42 Å². The Kier molecular flexibility index (Phi) is 3.99. The third-order valence-electron chi connectivity index (χ3n) is 3.45. The second kappa shape index (κ2) is 5.93. The van der Waals surface area contributed by atoms with E-state index >= 15 is 0 Å². The van der Waals surface area contributed by atoms with Gasteiger partial charge in [-0.25, -0.2) is 23.4 Å². The van der Waals surface area contributed by atoms with Crippen LogP contribution in [0.1, 0.15) is 24.6 Å². The molecule has 0 unspecified atom stereocenters. The van der Waals surface area contributed by atoms with Crippen LogP contribution in [0.3, 0.4) is 0 Å². The Bertz CT molecular complexity index is 752. The Morgan fingerprint density at radius 3 is 2.86 bits per heavy atom. The minimum Gasteiger partial charge on any atom is -0.307 e. The van der Waals surface area contributed by atoms with Gasteiger partial charge in [-0.1, -0.05) is 0 Å². The van der Waals surface area contributed by atoms with Gasteiger partial charge >= 0.3 is 0 Å². The van der Waals surface area contributed by atoms with Crippen molar-refractivity contribution in [3.8, 4) is 0 Å². The molecule has 3 heterocycles. The molecule has 0 spiro atoms. The van der Waals surface area contributed by atoms with Crippen LogP contribution in [-0.2, 0) is 10.0 Å². The molecule has 1 saturated heterocycles. The summed E-state index contributed by atoms with van der Waals surface area (Å²) in [6.45, 7) is 0.528. The van der Waals surface area contributed by atoms with Gasteiger partial charge in [-0.2, -0.15) is 4.31 Å². The average Bonchev–Trinajstić information content (AvgIpc) is 2.98. The molecule has 1 N–H and O–H groups in total. The molecule has 0 bridgehead atoms. The molecule has 9 heteroatoms. The minimum absolute atomic E-state index is 0.236. The van der Waals surface area contributed by atoms with Crippen molar-refractivity contribution in [3.63, 3.8) is 0 Å². The summed E-state index contributed by atoms with van der Waals surface area (Å²) >= 11 is 0. The lowest BCUT2D eigenvalue weighted by Gasteiger charge is -2.21. The molecule has 22 heavy (non-hydrogen) atoms. The fraction of sp³-hybridized carbons (Fsp3) is 0.385. The number of aromatic nitrogens is 4. The van der Waals surface area contributed by atoms with Crippen LogP contribution in [0.5, 0.6) is 0 Å². The highest BCUT2D eigenvalue weighted by atomic mass is 32.2. The van der Waals surface area contributed by atoms with E-state index < -0.39 is 10.0 Å². The van der Waals surface area contributed by atoms with Gasteiger partial charge in [0.2, 0.25) is 16.0 Å². The quantitative estimate of drug-likeness (QED) is 0.900. The second-order valence-electron chi connectivity index (χ2n) is 5.05. The smallest absolute Gasteiger partial charge is 0.228 e. The summed E-state index contributed by atoms with van der Waals surface area (Å²) in [5.74, 6) is 0.907. The first kappa shape index (κ1) is 14.8. The molecule has 0 saturated carbocycles. The molecule has 116 valence electrons. The normalized spacial score (nSPS) is 19.2. The molecule has 1 atom stereocenters. The van der Waals surface area contributed by atoms with E-state index in [0.29, 0.717) is 24.0 Å². The van der Waals surface area contributed by atoms with Gasteiger partial charge in [-0.05, 0) is 18.9 Å². The summed E-state index contributed by atoms with van der Waals surface area (Å²) in [7, 11) is -3.24. The standard InChI is InChI=1S/C13H16N6O2S/c1-22(20,21)19-8-2-3-11(19)10-4-5-16-13(17-10)18-12-9-14-6-7-15-12/h4-7,9,11H,2-3,8H2,1H3,(H,15,16,17,18)/t11-/m1/s1. The summed E-state index contributed by atoms with van der Waals surface area (Å²) in [6.07, 6.45) is 9.13. The van der Waals surface area contributed by atoms with Gasteiger partial charge in [0.25, 0.3) is 0 Å². The first-order valence-electron chi connectivity index (χ1n) is 6.87. The van der Waals surface area contributed by atoms with E-state index in [1.807, 2.05) is 0 Å². The molecule has 0 aromatic carbocycles. The van der Waals surface area contributed by atoms with Gasteiger partial charge < -0.3 is 5.32 Å². The van der Waals surface area contributed by atoms with Crippen LogP contribution in [0.25, 0.3) is 0 Å². The van der Waals surface area contributed by atoms with E-state index in [0.717, 1.165) is 12.8 Å². The lowest BCUT2D eigenvalue weighted by molar-refractivity contribution is 0.394. The SMILES string of the molecule is CS(=O)(=O)N1CCC[C@@H]1c1ccnc(Nc2cnccn2)n1. The molecule has 1 fully saturated rings. The fourth-order valence-electron chi connectivity index (χ4n) is 2.53. The zero-order valence-electron chi connectivity index (χ0n) is 12.0. The predicted molar refractivity (Wildman–Crippen MR) is 80.9 cm³/mol.